The van der Waals surface area contributed by atoms with Gasteiger partial charge in [0, 0.05) is 11.8 Å². The molecule has 2 aromatic heterocycles. The van der Waals surface area contributed by atoms with Crippen molar-refractivity contribution in [2.24, 2.45) is 0 Å². The van der Waals surface area contributed by atoms with Gasteiger partial charge in [-0.1, -0.05) is 13.8 Å². The van der Waals surface area contributed by atoms with Crippen molar-refractivity contribution in [3.63, 3.8) is 0 Å². The second-order valence-electron chi connectivity index (χ2n) is 4.08. The van der Waals surface area contributed by atoms with E-state index in [2.05, 4.69) is 10.1 Å². The molecule has 0 amide bonds. The summed E-state index contributed by atoms with van der Waals surface area (Å²) in [4.78, 5) is 14.2. The average molecular weight is 261 g/mol. The Morgan fingerprint density at radius 1 is 1.37 bits per heavy atom. The summed E-state index contributed by atoms with van der Waals surface area (Å²) in [5.41, 5.74) is 7.36. The summed E-state index contributed by atoms with van der Waals surface area (Å²) in [6.45, 7) is 4.03. The van der Waals surface area contributed by atoms with E-state index < -0.39 is 4.92 Å². The molecule has 0 aliphatic heterocycles. The van der Waals surface area contributed by atoms with E-state index in [1.54, 1.807) is 10.7 Å². The Labute approximate surface area is 110 Å². The lowest BCUT2D eigenvalue weighted by Gasteiger charge is -2.05. The molecule has 0 spiro atoms. The first kappa shape index (κ1) is 13.0. The predicted molar refractivity (Wildman–Crippen MR) is 71.2 cm³/mol. The first-order valence-corrected chi connectivity index (χ1v) is 6.05. The number of aromatic nitrogens is 3. The summed E-state index contributed by atoms with van der Waals surface area (Å²) in [5.74, 6) is 0.401. The van der Waals surface area contributed by atoms with Gasteiger partial charge in [-0.25, -0.2) is 9.67 Å². The minimum atomic E-state index is -0.548. The third-order valence-electron chi connectivity index (χ3n) is 2.86. The van der Waals surface area contributed by atoms with Gasteiger partial charge in [-0.2, -0.15) is 5.10 Å². The molecule has 2 aromatic rings. The van der Waals surface area contributed by atoms with Crippen LogP contribution in [0.3, 0.4) is 0 Å². The van der Waals surface area contributed by atoms with Gasteiger partial charge in [-0.15, -0.1) is 0 Å². The number of nitrogens with two attached hydrogens (primary N) is 1. The SMILES string of the molecule is CCc1cc(CC)n(-c2ccc([N+](=O)[O-])c(N)n2)n1. The first-order valence-electron chi connectivity index (χ1n) is 6.05. The van der Waals surface area contributed by atoms with Crippen LogP contribution >= 0.6 is 0 Å². The molecule has 0 unspecified atom stereocenters. The smallest absolute Gasteiger partial charge is 0.311 e. The van der Waals surface area contributed by atoms with Gasteiger partial charge < -0.3 is 5.73 Å². The first-order chi connectivity index (χ1) is 9.06. The molecule has 0 atom stereocenters. The molecule has 2 heterocycles. The summed E-state index contributed by atoms with van der Waals surface area (Å²) in [5, 5.41) is 15.1. The molecular weight excluding hydrogens is 246 g/mol. The minimum Gasteiger partial charge on any atom is -0.378 e. The van der Waals surface area contributed by atoms with Gasteiger partial charge in [0.05, 0.1) is 10.6 Å². The van der Waals surface area contributed by atoms with E-state index in [1.165, 1.54) is 6.07 Å². The maximum atomic E-state index is 10.7. The second kappa shape index (κ2) is 5.05. The highest BCUT2D eigenvalue weighted by atomic mass is 16.6. The minimum absolute atomic E-state index is 0.0990. The lowest BCUT2D eigenvalue weighted by Crippen LogP contribution is -2.07. The topological polar surface area (TPSA) is 99.9 Å². The van der Waals surface area contributed by atoms with E-state index in [9.17, 15) is 10.1 Å². The van der Waals surface area contributed by atoms with E-state index in [0.29, 0.717) is 5.82 Å². The van der Waals surface area contributed by atoms with Crippen molar-refractivity contribution in [3.8, 4) is 5.82 Å². The zero-order valence-corrected chi connectivity index (χ0v) is 10.8. The van der Waals surface area contributed by atoms with Crippen molar-refractivity contribution in [1.82, 2.24) is 14.8 Å². The summed E-state index contributed by atoms with van der Waals surface area (Å²) < 4.78 is 1.68. The second-order valence-corrected chi connectivity index (χ2v) is 4.08. The molecule has 2 rings (SSSR count). The molecule has 0 aromatic carbocycles. The van der Waals surface area contributed by atoms with Crippen molar-refractivity contribution in [2.45, 2.75) is 26.7 Å². The molecular formula is C12H15N5O2. The van der Waals surface area contributed by atoms with Crippen molar-refractivity contribution < 1.29 is 4.92 Å². The van der Waals surface area contributed by atoms with E-state index in [4.69, 9.17) is 5.73 Å². The highest BCUT2D eigenvalue weighted by molar-refractivity contribution is 5.54. The zero-order valence-electron chi connectivity index (χ0n) is 10.8. The number of nitrogen functional groups attached to an aromatic ring is 1. The Hall–Kier alpha value is -2.44. The predicted octanol–water partition coefficient (Wildman–Crippen LogP) is 1.88. The fourth-order valence-corrected chi connectivity index (χ4v) is 1.83. The Balaban J connectivity index is 2.50. The van der Waals surface area contributed by atoms with Crippen LogP contribution in [0.1, 0.15) is 25.2 Å². The van der Waals surface area contributed by atoms with E-state index >= 15 is 0 Å². The summed E-state index contributed by atoms with van der Waals surface area (Å²) in [6, 6.07) is 4.91. The number of hydrogen-bond donors (Lipinski definition) is 1. The van der Waals surface area contributed by atoms with E-state index in [-0.39, 0.29) is 11.5 Å². The highest BCUT2D eigenvalue weighted by Crippen LogP contribution is 2.21. The van der Waals surface area contributed by atoms with Crippen molar-refractivity contribution in [3.05, 3.63) is 39.7 Å². The van der Waals surface area contributed by atoms with Crippen LogP contribution in [0.5, 0.6) is 0 Å². The van der Waals surface area contributed by atoms with Crippen LogP contribution in [-0.2, 0) is 12.8 Å². The largest absolute Gasteiger partial charge is 0.378 e. The van der Waals surface area contributed by atoms with Crippen LogP contribution in [-0.4, -0.2) is 19.7 Å². The van der Waals surface area contributed by atoms with Gasteiger partial charge in [0.25, 0.3) is 0 Å². The fraction of sp³-hybridized carbons (Fsp3) is 0.333. The Kier molecular flexibility index (Phi) is 3.46. The summed E-state index contributed by atoms with van der Waals surface area (Å²) in [7, 11) is 0. The number of pyridine rings is 1. The van der Waals surface area contributed by atoms with Crippen LogP contribution in [0.4, 0.5) is 11.5 Å². The molecule has 0 aliphatic rings. The molecule has 0 radical (unpaired) electrons. The normalized spacial score (nSPS) is 10.6. The molecule has 7 nitrogen and oxygen atoms in total. The lowest BCUT2D eigenvalue weighted by molar-refractivity contribution is -0.384. The number of aryl methyl sites for hydroxylation is 2. The van der Waals surface area contributed by atoms with Gasteiger partial charge in [-0.3, -0.25) is 10.1 Å². The highest BCUT2D eigenvalue weighted by Gasteiger charge is 2.15. The van der Waals surface area contributed by atoms with Crippen LogP contribution < -0.4 is 5.73 Å². The fourth-order valence-electron chi connectivity index (χ4n) is 1.83. The third kappa shape index (κ3) is 2.40. The lowest BCUT2D eigenvalue weighted by atomic mass is 10.2. The number of nitro groups is 1. The molecule has 0 saturated heterocycles. The average Bonchev–Trinajstić information content (AvgIpc) is 2.81. The quantitative estimate of drug-likeness (QED) is 0.669. The molecule has 100 valence electrons. The van der Waals surface area contributed by atoms with Crippen molar-refractivity contribution >= 4 is 11.5 Å². The van der Waals surface area contributed by atoms with Gasteiger partial charge in [0.15, 0.2) is 5.82 Å². The Morgan fingerprint density at radius 2 is 2.11 bits per heavy atom. The molecule has 7 heteroatoms. The van der Waals surface area contributed by atoms with Crippen molar-refractivity contribution in [2.75, 3.05) is 5.73 Å². The number of rotatable bonds is 4. The molecule has 0 saturated carbocycles. The number of anilines is 1. The number of hydrogen-bond acceptors (Lipinski definition) is 5. The number of nitrogens with zero attached hydrogens (tertiary/aromatic N) is 4. The van der Waals surface area contributed by atoms with E-state index in [0.717, 1.165) is 24.2 Å². The molecule has 19 heavy (non-hydrogen) atoms. The van der Waals surface area contributed by atoms with E-state index in [1.807, 2.05) is 19.9 Å². The standard InChI is InChI=1S/C12H15N5O2/c1-3-8-7-9(4-2)16(15-8)11-6-5-10(17(18)19)12(13)14-11/h5-7H,3-4H2,1-2H3,(H2,13,14). The van der Waals surface area contributed by atoms with Crippen LogP contribution in [0.15, 0.2) is 18.2 Å². The molecule has 0 bridgehead atoms. The zero-order chi connectivity index (χ0) is 14.0. The third-order valence-corrected chi connectivity index (χ3v) is 2.86. The Bertz CT molecular complexity index is 621. The van der Waals surface area contributed by atoms with Gasteiger partial charge in [-0.05, 0) is 25.0 Å². The maximum Gasteiger partial charge on any atom is 0.311 e. The van der Waals surface area contributed by atoms with Crippen LogP contribution in [0, 0.1) is 10.1 Å². The van der Waals surface area contributed by atoms with Gasteiger partial charge in [0.2, 0.25) is 5.82 Å². The van der Waals surface area contributed by atoms with Gasteiger partial charge in [0.1, 0.15) is 0 Å². The van der Waals surface area contributed by atoms with Crippen molar-refractivity contribution in [1.29, 1.82) is 0 Å². The molecule has 2 N–H and O–H groups in total. The molecule has 0 fully saturated rings. The monoisotopic (exact) mass is 261 g/mol. The Morgan fingerprint density at radius 3 is 2.63 bits per heavy atom. The summed E-state index contributed by atoms with van der Waals surface area (Å²) >= 11 is 0. The molecule has 0 aliphatic carbocycles. The van der Waals surface area contributed by atoms with Crippen LogP contribution in [0.2, 0.25) is 0 Å². The van der Waals surface area contributed by atoms with Crippen LogP contribution in [0.25, 0.3) is 5.82 Å². The summed E-state index contributed by atoms with van der Waals surface area (Å²) in [6.07, 6.45) is 1.62. The maximum absolute atomic E-state index is 10.7. The van der Waals surface area contributed by atoms with Gasteiger partial charge >= 0.3 is 5.69 Å².